The summed E-state index contributed by atoms with van der Waals surface area (Å²) in [6, 6.07) is 2.35. The van der Waals surface area contributed by atoms with Crippen LogP contribution in [0, 0.1) is 17.8 Å². The number of aromatic amines is 1. The van der Waals surface area contributed by atoms with Gasteiger partial charge < -0.3 is 23.7 Å². The molecule has 18 heteroatoms. The molecule has 260 valence electrons. The molecule has 0 spiro atoms. The Bertz CT molecular complexity index is 1640. The van der Waals surface area contributed by atoms with Crippen LogP contribution in [0.25, 0.3) is 0 Å². The summed E-state index contributed by atoms with van der Waals surface area (Å²) in [5.41, 5.74) is -4.61. The van der Waals surface area contributed by atoms with E-state index in [1.807, 2.05) is 4.98 Å². The van der Waals surface area contributed by atoms with Gasteiger partial charge in [0.05, 0.1) is 23.6 Å². The standard InChI is InChI=1S/C18H24ClFN2O7.C11H12ClFN2O3/c1-9(2)15(24)27-8-18(7-19)13(28-16(25)10(3)4)12(20)14(29-18)22-6-5-11(23)21-17(22)26;1-6-8(13)9-15-3-2-7(16)14-10(15)17-5-11(6,4-12)18-9/h5-6,9-10,12-14H,7-8H2,1-4H3,(H,21,23,26);2-3,6,8-9H,4-5H2,1H3/t12-,13+,14-,18-;6-,8+,9+,11+/m10/s1. The lowest BCUT2D eigenvalue weighted by Crippen LogP contribution is -2.51. The summed E-state index contributed by atoms with van der Waals surface area (Å²) in [5, 5.41) is 0. The van der Waals surface area contributed by atoms with Crippen LogP contribution in [0.3, 0.4) is 0 Å². The molecule has 3 aliphatic rings. The van der Waals surface area contributed by atoms with E-state index in [-0.39, 0.29) is 30.3 Å². The maximum Gasteiger partial charge on any atom is 0.330 e. The summed E-state index contributed by atoms with van der Waals surface area (Å²) < 4.78 is 59.3. The van der Waals surface area contributed by atoms with Crippen LogP contribution in [0.5, 0.6) is 6.01 Å². The summed E-state index contributed by atoms with van der Waals surface area (Å²) in [6.07, 6.45) is -4.67. The Balaban J connectivity index is 0.000000236. The zero-order valence-corrected chi connectivity index (χ0v) is 27.7. The van der Waals surface area contributed by atoms with E-state index in [2.05, 4.69) is 4.98 Å². The predicted molar refractivity (Wildman–Crippen MR) is 162 cm³/mol. The van der Waals surface area contributed by atoms with Crippen LogP contribution < -0.4 is 21.5 Å². The number of H-pyrrole nitrogens is 1. The monoisotopic (exact) mass is 708 g/mol. The van der Waals surface area contributed by atoms with Crippen molar-refractivity contribution in [2.24, 2.45) is 17.8 Å². The minimum Gasteiger partial charge on any atom is -0.462 e. The number of nitrogens with zero attached hydrogens (tertiary/aromatic N) is 3. The van der Waals surface area contributed by atoms with E-state index >= 15 is 4.39 Å². The summed E-state index contributed by atoms with van der Waals surface area (Å²) in [5.74, 6) is -2.95. The molecule has 47 heavy (non-hydrogen) atoms. The quantitative estimate of drug-likeness (QED) is 0.315. The average Bonchev–Trinajstić information content (AvgIpc) is 3.36. The number of aromatic nitrogens is 4. The number of nitrogens with one attached hydrogen (secondary N) is 1. The van der Waals surface area contributed by atoms with Gasteiger partial charge in [-0.15, -0.1) is 23.2 Å². The topological polar surface area (TPSA) is 170 Å². The number of hydrogen-bond donors (Lipinski definition) is 1. The summed E-state index contributed by atoms with van der Waals surface area (Å²) >= 11 is 12.0. The van der Waals surface area contributed by atoms with Gasteiger partial charge in [0.15, 0.2) is 36.5 Å². The van der Waals surface area contributed by atoms with E-state index in [1.54, 1.807) is 34.6 Å². The molecule has 2 aromatic heterocycles. The highest BCUT2D eigenvalue weighted by molar-refractivity contribution is 6.19. The van der Waals surface area contributed by atoms with E-state index in [0.29, 0.717) is 0 Å². The van der Waals surface area contributed by atoms with Crippen LogP contribution in [0.2, 0.25) is 0 Å². The van der Waals surface area contributed by atoms with Gasteiger partial charge in [-0.05, 0) is 0 Å². The van der Waals surface area contributed by atoms with Crippen molar-refractivity contribution >= 4 is 35.1 Å². The first-order chi connectivity index (χ1) is 22.1. The van der Waals surface area contributed by atoms with E-state index in [0.717, 1.165) is 16.8 Å². The van der Waals surface area contributed by atoms with Crippen LogP contribution >= 0.6 is 23.2 Å². The molecule has 0 aromatic carbocycles. The molecule has 0 amide bonds. The molecule has 0 aliphatic carbocycles. The maximum absolute atomic E-state index is 15.4. The Morgan fingerprint density at radius 2 is 1.64 bits per heavy atom. The number of rotatable bonds is 8. The van der Waals surface area contributed by atoms with Crippen LogP contribution in [0.1, 0.15) is 47.1 Å². The number of carbonyl (C=O) groups is 2. The number of esters is 2. The van der Waals surface area contributed by atoms with Crippen LogP contribution in [-0.2, 0) is 28.5 Å². The van der Waals surface area contributed by atoms with E-state index in [1.165, 1.54) is 16.8 Å². The highest BCUT2D eigenvalue weighted by Crippen LogP contribution is 2.47. The molecule has 0 saturated carbocycles. The van der Waals surface area contributed by atoms with Crippen molar-refractivity contribution in [2.45, 2.75) is 76.7 Å². The number of ether oxygens (including phenoxy) is 5. The molecule has 2 fully saturated rings. The summed E-state index contributed by atoms with van der Waals surface area (Å²) in [6.45, 7) is 7.71. The van der Waals surface area contributed by atoms with E-state index < -0.39 is 89.3 Å². The van der Waals surface area contributed by atoms with Crippen LogP contribution in [0.4, 0.5) is 8.78 Å². The number of alkyl halides is 4. The molecule has 3 aliphatic heterocycles. The third-order valence-electron chi connectivity index (χ3n) is 8.12. The van der Waals surface area contributed by atoms with Crippen LogP contribution in [-0.4, -0.2) is 85.7 Å². The van der Waals surface area contributed by atoms with Gasteiger partial charge in [0.25, 0.3) is 11.1 Å². The first-order valence-electron chi connectivity index (χ1n) is 14.8. The van der Waals surface area contributed by atoms with Gasteiger partial charge in [-0.1, -0.05) is 34.6 Å². The fourth-order valence-corrected chi connectivity index (χ4v) is 5.78. The SMILES string of the molecule is CC(C)C(=O)OC[C@@]1(CCl)O[C@@H](n2ccc(=O)[nH]c2=O)[C@H](F)[C@@H]1OC(=O)C(C)C.C[C@H]1[C@@H](F)[C@H]2O[C@]1(CCl)COc1nc(=O)ccn12. The van der Waals surface area contributed by atoms with Crippen molar-refractivity contribution in [1.82, 2.24) is 19.1 Å². The predicted octanol–water partition coefficient (Wildman–Crippen LogP) is 2.26. The molecular formula is C29H36Cl2F2N4O10. The molecule has 1 N–H and O–H groups in total. The van der Waals surface area contributed by atoms with Crippen molar-refractivity contribution < 1.29 is 42.1 Å². The highest BCUT2D eigenvalue weighted by atomic mass is 35.5. The second-order valence-corrected chi connectivity index (χ2v) is 12.7. The minimum absolute atomic E-state index is 0.0778. The normalized spacial score (nSPS) is 31.0. The molecule has 2 bridgehead atoms. The zero-order valence-electron chi connectivity index (χ0n) is 26.2. The third kappa shape index (κ3) is 7.25. The maximum atomic E-state index is 15.4. The van der Waals surface area contributed by atoms with Gasteiger partial charge in [-0.25, -0.2) is 13.6 Å². The van der Waals surface area contributed by atoms with Gasteiger partial charge in [0, 0.05) is 30.4 Å². The third-order valence-corrected chi connectivity index (χ3v) is 9.02. The van der Waals surface area contributed by atoms with Crippen molar-refractivity contribution in [1.29, 1.82) is 0 Å². The van der Waals surface area contributed by atoms with Gasteiger partial charge in [-0.2, -0.15) is 4.98 Å². The Labute approximate surface area is 277 Å². The molecule has 5 rings (SSSR count). The van der Waals surface area contributed by atoms with Gasteiger partial charge in [0.1, 0.15) is 18.8 Å². The van der Waals surface area contributed by atoms with Crippen molar-refractivity contribution in [3.05, 3.63) is 55.7 Å². The smallest absolute Gasteiger partial charge is 0.330 e. The lowest BCUT2D eigenvalue weighted by atomic mass is 9.89. The van der Waals surface area contributed by atoms with E-state index in [4.69, 9.17) is 46.9 Å². The lowest BCUT2D eigenvalue weighted by molar-refractivity contribution is -0.177. The Morgan fingerprint density at radius 1 is 1.00 bits per heavy atom. The highest BCUT2D eigenvalue weighted by Gasteiger charge is 2.60. The molecular weight excluding hydrogens is 673 g/mol. The number of hydrogen-bond acceptors (Lipinski definition) is 11. The molecule has 0 radical (unpaired) electrons. The Kier molecular flexibility index (Phi) is 11.2. The molecule has 8 atom stereocenters. The summed E-state index contributed by atoms with van der Waals surface area (Å²) in [4.78, 5) is 64.3. The number of carbonyl (C=O) groups excluding carboxylic acids is 2. The molecule has 5 heterocycles. The molecule has 2 aromatic rings. The van der Waals surface area contributed by atoms with Gasteiger partial charge >= 0.3 is 23.6 Å². The Morgan fingerprint density at radius 3 is 2.23 bits per heavy atom. The minimum atomic E-state index is -2.02. The number of halogens is 4. The lowest BCUT2D eigenvalue weighted by Gasteiger charge is -2.32. The average molecular weight is 710 g/mol. The molecule has 14 nitrogen and oxygen atoms in total. The fourth-order valence-electron chi connectivity index (χ4n) is 5.11. The molecule has 0 unspecified atom stereocenters. The second kappa shape index (κ2) is 14.4. The second-order valence-electron chi connectivity index (χ2n) is 12.1. The van der Waals surface area contributed by atoms with Gasteiger partial charge in [0.2, 0.25) is 0 Å². The zero-order chi connectivity index (χ0) is 34.8. The van der Waals surface area contributed by atoms with Crippen molar-refractivity contribution in [2.75, 3.05) is 25.0 Å². The van der Waals surface area contributed by atoms with Crippen molar-refractivity contribution in [3.8, 4) is 6.01 Å². The first kappa shape index (κ1) is 36.5. The fraction of sp³-hybridized carbons (Fsp3) is 0.655. The van der Waals surface area contributed by atoms with E-state index in [9.17, 15) is 28.4 Å². The first-order valence-corrected chi connectivity index (χ1v) is 15.8. The largest absolute Gasteiger partial charge is 0.462 e. The van der Waals surface area contributed by atoms with Crippen LogP contribution in [0.15, 0.2) is 38.9 Å². The molecule has 2 saturated heterocycles. The summed E-state index contributed by atoms with van der Waals surface area (Å²) in [7, 11) is 0. The van der Waals surface area contributed by atoms with Crippen molar-refractivity contribution in [3.63, 3.8) is 0 Å². The van der Waals surface area contributed by atoms with Gasteiger partial charge in [-0.3, -0.25) is 33.3 Å². The Hall–Kier alpha value is -3.34. The number of fused-ring (bicyclic) bond motifs is 4.